The first-order valence-corrected chi connectivity index (χ1v) is 11.5. The van der Waals surface area contributed by atoms with Crippen molar-refractivity contribution in [1.82, 2.24) is 4.90 Å². The van der Waals surface area contributed by atoms with Crippen LogP contribution >= 0.6 is 0 Å². The van der Waals surface area contributed by atoms with Crippen molar-refractivity contribution >= 4 is 17.4 Å². The largest absolute Gasteiger partial charge is 0.279 e. The number of fused-ring (bicyclic) bond motifs is 8. The number of allylic oxidation sites excluding steroid dienone is 1. The molecule has 7 rings (SSSR count). The Morgan fingerprint density at radius 2 is 1.53 bits per heavy atom. The summed E-state index contributed by atoms with van der Waals surface area (Å²) in [6.45, 7) is 2.17. The van der Waals surface area contributed by atoms with E-state index >= 15 is 0 Å². The van der Waals surface area contributed by atoms with Gasteiger partial charge in [-0.1, -0.05) is 61.7 Å². The van der Waals surface area contributed by atoms with Gasteiger partial charge in [-0.15, -0.1) is 0 Å². The monoisotopic (exact) mass is 395 g/mol. The third-order valence-corrected chi connectivity index (χ3v) is 8.52. The fraction of sp³-hybridized carbons (Fsp3) is 0.407. The molecule has 0 unspecified atom stereocenters. The summed E-state index contributed by atoms with van der Waals surface area (Å²) in [5.74, 6) is 0.230. The van der Waals surface area contributed by atoms with E-state index in [1.165, 1.54) is 45.4 Å². The Labute approximate surface area is 176 Å². The highest BCUT2D eigenvalue weighted by Crippen LogP contribution is 2.65. The maximum atomic E-state index is 13.5. The third-order valence-electron chi connectivity index (χ3n) is 8.52. The summed E-state index contributed by atoms with van der Waals surface area (Å²) in [6, 6.07) is 13.2. The number of likely N-dealkylation sites (tertiary alicyclic amines) is 1. The van der Waals surface area contributed by atoms with Gasteiger partial charge in [-0.3, -0.25) is 14.5 Å². The van der Waals surface area contributed by atoms with Gasteiger partial charge in [0.2, 0.25) is 11.8 Å². The van der Waals surface area contributed by atoms with Gasteiger partial charge >= 0.3 is 0 Å². The normalized spacial score (nSPS) is 31.0. The van der Waals surface area contributed by atoms with Crippen molar-refractivity contribution in [2.45, 2.75) is 51.0 Å². The quantitative estimate of drug-likeness (QED) is 0.540. The Hall–Kier alpha value is -2.68. The van der Waals surface area contributed by atoms with Crippen LogP contribution in [0.15, 0.2) is 42.5 Å². The van der Waals surface area contributed by atoms with Gasteiger partial charge in [0.05, 0.1) is 11.8 Å². The molecule has 0 N–H and O–H groups in total. The lowest BCUT2D eigenvalue weighted by Crippen LogP contribution is -2.47. The second-order valence-electron chi connectivity index (χ2n) is 9.84. The molecule has 150 valence electrons. The van der Waals surface area contributed by atoms with Crippen LogP contribution in [0.3, 0.4) is 0 Å². The Kier molecular flexibility index (Phi) is 3.25. The van der Waals surface area contributed by atoms with Gasteiger partial charge in [0, 0.05) is 12.0 Å². The summed E-state index contributed by atoms with van der Waals surface area (Å²) >= 11 is 0. The molecule has 0 bridgehead atoms. The van der Waals surface area contributed by atoms with Crippen LogP contribution in [0.1, 0.15) is 60.3 Å². The minimum Gasteiger partial charge on any atom is -0.279 e. The first-order chi connectivity index (χ1) is 14.7. The van der Waals surface area contributed by atoms with Crippen LogP contribution in [-0.2, 0) is 9.59 Å². The molecule has 3 heteroatoms. The van der Waals surface area contributed by atoms with Gasteiger partial charge in [0.1, 0.15) is 0 Å². The fourth-order valence-electron chi connectivity index (χ4n) is 7.23. The first kappa shape index (κ1) is 17.0. The maximum Gasteiger partial charge on any atom is 0.234 e. The Balaban J connectivity index is 1.38. The van der Waals surface area contributed by atoms with E-state index in [4.69, 9.17) is 0 Å². The van der Waals surface area contributed by atoms with Gasteiger partial charge in [0.25, 0.3) is 0 Å². The van der Waals surface area contributed by atoms with Crippen LogP contribution < -0.4 is 0 Å². The molecule has 0 radical (unpaired) electrons. The summed E-state index contributed by atoms with van der Waals surface area (Å²) in [6.07, 6.45) is 7.82. The topological polar surface area (TPSA) is 37.4 Å². The number of nitrogens with zero attached hydrogens (tertiary/aromatic N) is 1. The molecule has 2 aromatic carbocycles. The second-order valence-corrected chi connectivity index (χ2v) is 9.84. The summed E-state index contributed by atoms with van der Waals surface area (Å²) < 4.78 is 0. The minimum absolute atomic E-state index is 0.110. The number of benzene rings is 2. The Morgan fingerprint density at radius 1 is 0.800 bits per heavy atom. The highest BCUT2D eigenvalue weighted by Gasteiger charge is 2.66. The predicted molar refractivity (Wildman–Crippen MR) is 116 cm³/mol. The third kappa shape index (κ3) is 1.88. The van der Waals surface area contributed by atoms with Crippen LogP contribution in [0.2, 0.25) is 0 Å². The molecule has 1 heterocycles. The van der Waals surface area contributed by atoms with Gasteiger partial charge < -0.3 is 0 Å². The van der Waals surface area contributed by atoms with E-state index in [0.29, 0.717) is 0 Å². The number of hydrogen-bond acceptors (Lipinski definition) is 2. The number of imide groups is 1. The number of aryl methyl sites for hydroxylation is 1. The molecule has 5 aliphatic rings. The van der Waals surface area contributed by atoms with Crippen LogP contribution in [-0.4, -0.2) is 22.8 Å². The molecular formula is C27H25NO2. The molecule has 4 atom stereocenters. The average molecular weight is 396 g/mol. The minimum atomic E-state index is -0.156. The first-order valence-electron chi connectivity index (χ1n) is 11.5. The van der Waals surface area contributed by atoms with Crippen LogP contribution in [0.4, 0.5) is 0 Å². The number of hydrogen-bond donors (Lipinski definition) is 0. The number of carbonyl (C=O) groups is 2. The zero-order valence-electron chi connectivity index (χ0n) is 17.2. The van der Waals surface area contributed by atoms with Crippen molar-refractivity contribution in [3.8, 4) is 11.1 Å². The number of rotatable bonds is 1. The molecule has 2 saturated carbocycles. The van der Waals surface area contributed by atoms with Crippen molar-refractivity contribution < 1.29 is 9.59 Å². The highest BCUT2D eigenvalue weighted by atomic mass is 16.2. The highest BCUT2D eigenvalue weighted by molar-refractivity contribution is 6.10. The van der Waals surface area contributed by atoms with Crippen LogP contribution in [0.5, 0.6) is 0 Å². The molecule has 3 nitrogen and oxygen atoms in total. The van der Waals surface area contributed by atoms with Crippen molar-refractivity contribution in [1.29, 1.82) is 0 Å². The molecule has 1 aliphatic heterocycles. The Morgan fingerprint density at radius 3 is 2.33 bits per heavy atom. The second kappa shape index (κ2) is 5.72. The standard InChI is InChI=1S/C27H25NO2/c1-14-11-12-18-16-9-5-6-10-17(16)19-13-20-23(21(14)22(18)19)25-24(20)26(29)28(27(25)30)15-7-3-2-4-8-15/h5-6,9-13,15,20,23-25H,2-4,7-8H2,1H3/t20-,23+,24+,25-/m1/s1. The molecule has 30 heavy (non-hydrogen) atoms. The molecule has 2 amide bonds. The molecule has 2 aromatic rings. The summed E-state index contributed by atoms with van der Waals surface area (Å²) in [5, 5.41) is 0. The van der Waals surface area contributed by atoms with E-state index in [2.05, 4.69) is 49.4 Å². The van der Waals surface area contributed by atoms with Gasteiger partial charge in [-0.2, -0.15) is 0 Å². The smallest absolute Gasteiger partial charge is 0.234 e. The predicted octanol–water partition coefficient (Wildman–Crippen LogP) is 5.07. The summed E-state index contributed by atoms with van der Waals surface area (Å²) in [5.41, 5.74) is 9.06. The van der Waals surface area contributed by atoms with Gasteiger partial charge in [0.15, 0.2) is 0 Å². The lowest BCUT2D eigenvalue weighted by Gasteiger charge is -2.48. The van der Waals surface area contributed by atoms with E-state index in [1.54, 1.807) is 4.90 Å². The van der Waals surface area contributed by atoms with Crippen molar-refractivity contribution in [2.75, 3.05) is 0 Å². The Bertz CT molecular complexity index is 1170. The van der Waals surface area contributed by atoms with E-state index in [-0.39, 0.29) is 41.5 Å². The number of carbonyl (C=O) groups excluding carboxylic acids is 2. The summed E-state index contributed by atoms with van der Waals surface area (Å²) in [4.78, 5) is 28.7. The van der Waals surface area contributed by atoms with Crippen LogP contribution in [0, 0.1) is 24.7 Å². The van der Waals surface area contributed by atoms with Gasteiger partial charge in [-0.25, -0.2) is 0 Å². The molecule has 0 aromatic heterocycles. The molecule has 4 aliphatic carbocycles. The molecule has 3 fully saturated rings. The van der Waals surface area contributed by atoms with Crippen molar-refractivity contribution in [2.24, 2.45) is 17.8 Å². The zero-order valence-corrected chi connectivity index (χ0v) is 17.2. The van der Waals surface area contributed by atoms with E-state index in [9.17, 15) is 9.59 Å². The van der Waals surface area contributed by atoms with Crippen LogP contribution in [0.25, 0.3) is 16.7 Å². The lowest BCUT2D eigenvalue weighted by molar-refractivity contribution is -0.142. The van der Waals surface area contributed by atoms with Crippen molar-refractivity contribution in [3.63, 3.8) is 0 Å². The van der Waals surface area contributed by atoms with E-state index in [1.807, 2.05) is 0 Å². The molecule has 1 saturated heterocycles. The summed E-state index contributed by atoms with van der Waals surface area (Å²) in [7, 11) is 0. The fourth-order valence-corrected chi connectivity index (χ4v) is 7.23. The number of amides is 2. The zero-order chi connectivity index (χ0) is 20.1. The molecular weight excluding hydrogens is 370 g/mol. The SMILES string of the molecule is Cc1ccc2c3c1[C@@H]1[C@@H](C=C3c3ccccc3-2)[C@@H]2C(=O)N(C3CCCCC3)C(=O)[C@@H]21. The molecule has 0 spiro atoms. The van der Waals surface area contributed by atoms with E-state index < -0.39 is 0 Å². The maximum absolute atomic E-state index is 13.5. The lowest BCUT2D eigenvalue weighted by atomic mass is 9.52. The van der Waals surface area contributed by atoms with E-state index in [0.717, 1.165) is 25.7 Å². The average Bonchev–Trinajstić information content (AvgIpc) is 3.18. The van der Waals surface area contributed by atoms with Crippen molar-refractivity contribution in [3.05, 3.63) is 64.7 Å². The van der Waals surface area contributed by atoms with Gasteiger partial charge in [-0.05, 0) is 64.6 Å².